The minimum Gasteiger partial charge on any atom is -0.379 e. The molecule has 0 radical (unpaired) electrons. The number of imidazole rings is 1. The Morgan fingerprint density at radius 2 is 1.64 bits per heavy atom. The molecule has 17 nitrogen and oxygen atoms in total. The number of nitrogens with one attached hydrogen (secondary N) is 3. The number of aromatic nitrogens is 3. The lowest BCUT2D eigenvalue weighted by Gasteiger charge is -2.32. The van der Waals surface area contributed by atoms with E-state index in [4.69, 9.17) is 30.9 Å². The van der Waals surface area contributed by atoms with Crippen LogP contribution in [0.15, 0.2) is 72.9 Å². The Kier molecular flexibility index (Phi) is 14.7. The molecule has 0 saturated carbocycles. The number of amides is 6. The van der Waals surface area contributed by atoms with Crippen LogP contribution in [-0.2, 0) is 34.8 Å². The summed E-state index contributed by atoms with van der Waals surface area (Å²) in [6, 6.07) is 14.9. The number of ether oxygens (including phenoxy) is 3. The van der Waals surface area contributed by atoms with Gasteiger partial charge in [0.05, 0.1) is 74.1 Å². The lowest BCUT2D eigenvalue weighted by molar-refractivity contribution is -0.138. The predicted octanol–water partition coefficient (Wildman–Crippen LogP) is 5.81. The number of imide groups is 2. The van der Waals surface area contributed by atoms with Gasteiger partial charge in [0.2, 0.25) is 17.7 Å². The highest BCUT2D eigenvalue weighted by Gasteiger charge is 2.45. The summed E-state index contributed by atoms with van der Waals surface area (Å²) in [6.45, 7) is 4.43. The summed E-state index contributed by atoms with van der Waals surface area (Å²) in [5.41, 5.74) is 1.54. The monoisotopic (exact) mass is 968 g/mol. The van der Waals surface area contributed by atoms with Gasteiger partial charge >= 0.3 is 6.18 Å². The summed E-state index contributed by atoms with van der Waals surface area (Å²) in [6.07, 6.45) is -1.48. The van der Waals surface area contributed by atoms with E-state index >= 15 is 0 Å². The zero-order valence-corrected chi connectivity index (χ0v) is 37.7. The number of hydrogen-bond donors (Lipinski definition) is 3. The fourth-order valence-corrected chi connectivity index (χ4v) is 8.37. The van der Waals surface area contributed by atoms with Crippen LogP contribution in [0.5, 0.6) is 0 Å². The number of alkyl halides is 3. The van der Waals surface area contributed by atoms with Gasteiger partial charge in [-0.3, -0.25) is 39.0 Å². The molecule has 1 unspecified atom stereocenters. The third kappa shape index (κ3) is 11.2. The van der Waals surface area contributed by atoms with E-state index in [-0.39, 0.29) is 78.3 Å². The summed E-state index contributed by atoms with van der Waals surface area (Å²) < 4.78 is 58.9. The number of piperidine rings is 2. The Bertz CT molecular complexity index is 2910. The quantitative estimate of drug-likeness (QED) is 0.0647. The molecule has 5 heterocycles. The first kappa shape index (κ1) is 48.3. The maximum absolute atomic E-state index is 13.3. The number of carbonyl (C=O) groups is 6. The van der Waals surface area contributed by atoms with Gasteiger partial charge < -0.3 is 29.7 Å². The van der Waals surface area contributed by atoms with E-state index in [0.29, 0.717) is 48.8 Å². The number of carbonyl (C=O) groups excluding carboxylic acids is 6. The first-order chi connectivity index (χ1) is 33.1. The maximum Gasteiger partial charge on any atom is 0.416 e. The second-order valence-electron chi connectivity index (χ2n) is 16.3. The number of fused-ring (bicyclic) bond motifs is 2. The lowest BCUT2D eigenvalue weighted by Crippen LogP contribution is -2.54. The normalized spacial score (nSPS) is 16.3. The third-order valence-corrected chi connectivity index (χ3v) is 11.9. The molecule has 8 rings (SSSR count). The van der Waals surface area contributed by atoms with E-state index in [1.54, 1.807) is 35.8 Å². The van der Waals surface area contributed by atoms with E-state index in [0.717, 1.165) is 35.7 Å². The molecule has 3 aromatic carbocycles. The van der Waals surface area contributed by atoms with Gasteiger partial charge in [0.15, 0.2) is 5.65 Å². The van der Waals surface area contributed by atoms with Gasteiger partial charge in [-0.15, -0.1) is 5.10 Å². The molecule has 3 aliphatic heterocycles. The van der Waals surface area contributed by atoms with Crippen molar-refractivity contribution in [2.45, 2.75) is 57.3 Å². The molecule has 21 heteroatoms. The van der Waals surface area contributed by atoms with E-state index in [1.165, 1.54) is 24.3 Å². The van der Waals surface area contributed by atoms with Gasteiger partial charge in [0.1, 0.15) is 17.6 Å². The largest absolute Gasteiger partial charge is 0.416 e. The molecular weight excluding hydrogens is 925 g/mol. The molecule has 358 valence electrons. The van der Waals surface area contributed by atoms with Gasteiger partial charge in [-0.05, 0) is 92.3 Å². The average Bonchev–Trinajstić information content (AvgIpc) is 3.84. The van der Waals surface area contributed by atoms with Crippen molar-refractivity contribution in [3.05, 3.63) is 117 Å². The number of anilines is 3. The van der Waals surface area contributed by atoms with Gasteiger partial charge in [-0.25, -0.2) is 9.50 Å². The summed E-state index contributed by atoms with van der Waals surface area (Å²) in [5, 5.41) is 12.0. The second kappa shape index (κ2) is 21.0. The summed E-state index contributed by atoms with van der Waals surface area (Å²) in [5.74, 6) is 3.29. The van der Waals surface area contributed by atoms with Crippen molar-refractivity contribution in [3.8, 4) is 11.8 Å². The van der Waals surface area contributed by atoms with Crippen LogP contribution in [0.2, 0.25) is 5.02 Å². The fraction of sp³-hybridized carbons (Fsp3) is 0.333. The Morgan fingerprint density at radius 1 is 0.884 bits per heavy atom. The molecule has 2 aromatic heterocycles. The van der Waals surface area contributed by atoms with Crippen LogP contribution in [-0.4, -0.2) is 113 Å². The lowest BCUT2D eigenvalue weighted by atomic mass is 10.0. The second-order valence-corrected chi connectivity index (χ2v) is 16.7. The minimum absolute atomic E-state index is 0.00348. The van der Waals surface area contributed by atoms with Gasteiger partial charge in [-0.1, -0.05) is 29.7 Å². The number of rotatable bonds is 15. The van der Waals surface area contributed by atoms with Crippen LogP contribution in [0, 0.1) is 18.8 Å². The van der Waals surface area contributed by atoms with Crippen LogP contribution < -0.4 is 20.9 Å². The van der Waals surface area contributed by atoms with E-state index in [1.807, 2.05) is 12.1 Å². The summed E-state index contributed by atoms with van der Waals surface area (Å²) in [4.78, 5) is 83.6. The highest BCUT2D eigenvalue weighted by Crippen LogP contribution is 2.35. The molecule has 2 saturated heterocycles. The standard InChI is InChI=1S/C48H44ClF3N8O9/c1-28-29(4-2-5-35(28)44(63)54-32-25-30(48(50,51)52)24-31(49)26-32)8-9-33-27-53-39-11-12-40(57-60(33)39)58-17-14-34(15-18-58)69-23-22-68-21-20-67-19-16-42(62)55-37-7-3-6-36-43(37)47(66)59(46(36)65)38-10-13-41(61)56-45(38)64/h2-7,11-12,24-27,34,38H,10,13-23H2,1H3,(H,54,63)(H,55,62)(H,56,61,64). The number of hydrogen-bond acceptors (Lipinski definition) is 12. The van der Waals surface area contributed by atoms with Crippen LogP contribution in [0.1, 0.15) is 85.6 Å². The average molecular weight is 969 g/mol. The molecule has 2 fully saturated rings. The molecule has 0 aliphatic carbocycles. The molecule has 6 amide bonds. The molecule has 1 atom stereocenters. The highest BCUT2D eigenvalue weighted by atomic mass is 35.5. The third-order valence-electron chi connectivity index (χ3n) is 11.7. The SMILES string of the molecule is Cc1c(C#Cc2cnc3ccc(N4CCC(OCCOCCOCCC(=O)Nc5cccc6c5C(=O)N(C5CCC(=O)NC5=O)C6=O)CC4)nn23)cccc1C(=O)Nc1cc(Cl)cc(C(F)(F)F)c1. The molecule has 0 spiro atoms. The Labute approximate surface area is 397 Å². The van der Waals surface area contributed by atoms with Crippen molar-refractivity contribution in [3.63, 3.8) is 0 Å². The van der Waals surface area contributed by atoms with E-state index in [2.05, 4.69) is 37.7 Å². The fourth-order valence-electron chi connectivity index (χ4n) is 8.13. The Hall–Kier alpha value is -7.18. The molecule has 3 N–H and O–H groups in total. The van der Waals surface area contributed by atoms with Gasteiger partial charge in [0.25, 0.3) is 17.7 Å². The van der Waals surface area contributed by atoms with Crippen molar-refractivity contribution in [1.82, 2.24) is 24.8 Å². The van der Waals surface area contributed by atoms with Crippen molar-refractivity contribution >= 4 is 69.9 Å². The van der Waals surface area contributed by atoms with E-state index < -0.39 is 53.2 Å². The number of benzene rings is 3. The van der Waals surface area contributed by atoms with Crippen molar-refractivity contribution in [1.29, 1.82) is 0 Å². The first-order valence-electron chi connectivity index (χ1n) is 22.0. The number of nitrogens with zero attached hydrogens (tertiary/aromatic N) is 5. The predicted molar refractivity (Wildman–Crippen MR) is 244 cm³/mol. The molecule has 3 aliphatic rings. The Morgan fingerprint density at radius 3 is 2.41 bits per heavy atom. The van der Waals surface area contributed by atoms with Gasteiger partial charge in [0, 0.05) is 41.3 Å². The van der Waals surface area contributed by atoms with E-state index in [9.17, 15) is 41.9 Å². The van der Waals surface area contributed by atoms with Crippen molar-refractivity contribution in [2.24, 2.45) is 0 Å². The van der Waals surface area contributed by atoms with Crippen LogP contribution >= 0.6 is 11.6 Å². The van der Waals surface area contributed by atoms with Crippen LogP contribution in [0.3, 0.4) is 0 Å². The first-order valence-corrected chi connectivity index (χ1v) is 22.3. The van der Waals surface area contributed by atoms with Crippen LogP contribution in [0.4, 0.5) is 30.4 Å². The summed E-state index contributed by atoms with van der Waals surface area (Å²) >= 11 is 5.90. The minimum atomic E-state index is -4.63. The smallest absolute Gasteiger partial charge is 0.379 e. The zero-order valence-electron chi connectivity index (χ0n) is 37.0. The zero-order chi connectivity index (χ0) is 48.8. The molecular formula is C48H44ClF3N8O9. The molecule has 0 bridgehead atoms. The highest BCUT2D eigenvalue weighted by molar-refractivity contribution is 6.31. The van der Waals surface area contributed by atoms with Crippen LogP contribution in [0.25, 0.3) is 5.65 Å². The topological polar surface area (TPSA) is 203 Å². The Balaban J connectivity index is 0.738. The van der Waals surface area contributed by atoms with Crippen molar-refractivity contribution in [2.75, 3.05) is 61.7 Å². The number of halogens is 4. The van der Waals surface area contributed by atoms with Crippen molar-refractivity contribution < 1.29 is 56.1 Å². The van der Waals surface area contributed by atoms with Gasteiger partial charge in [-0.2, -0.15) is 13.2 Å². The molecule has 5 aromatic rings. The molecule has 69 heavy (non-hydrogen) atoms. The summed E-state index contributed by atoms with van der Waals surface area (Å²) in [7, 11) is 0. The maximum atomic E-state index is 13.3.